The van der Waals surface area contributed by atoms with E-state index in [-0.39, 0.29) is 17.5 Å². The van der Waals surface area contributed by atoms with Crippen LogP contribution in [0.1, 0.15) is 40.7 Å². The zero-order chi connectivity index (χ0) is 27.7. The largest absolute Gasteiger partial charge is 0.493 e. The maximum Gasteiger partial charge on any atom is 0.335 e. The van der Waals surface area contributed by atoms with Crippen molar-refractivity contribution in [1.29, 1.82) is 0 Å². The lowest BCUT2D eigenvalue weighted by molar-refractivity contribution is -0.271. The lowest BCUT2D eigenvalue weighted by Crippen LogP contribution is -2.61. The van der Waals surface area contributed by atoms with Crippen molar-refractivity contribution < 1.29 is 44.2 Å². The zero-order valence-electron chi connectivity index (χ0n) is 21.8. The molecular weight excluding hydrogens is 506 g/mol. The molecule has 10 heteroatoms. The molecule has 2 aromatic carbocycles. The maximum absolute atomic E-state index is 13.4. The van der Waals surface area contributed by atoms with Gasteiger partial charge in [0.1, 0.15) is 18.3 Å². The summed E-state index contributed by atoms with van der Waals surface area (Å²) in [6.07, 6.45) is -5.24. The number of hydrogen-bond donors (Lipinski definition) is 4. The van der Waals surface area contributed by atoms with E-state index in [0.29, 0.717) is 23.7 Å². The first-order chi connectivity index (χ1) is 18.7. The fraction of sp³-hybridized carbons (Fsp3) is 0.517. The van der Waals surface area contributed by atoms with Gasteiger partial charge in [0, 0.05) is 18.0 Å². The van der Waals surface area contributed by atoms with E-state index in [1.165, 1.54) is 18.7 Å². The molecule has 0 unspecified atom stereocenters. The third kappa shape index (κ3) is 5.80. The van der Waals surface area contributed by atoms with Gasteiger partial charge in [0.05, 0.1) is 7.11 Å². The molecule has 2 heterocycles. The van der Waals surface area contributed by atoms with Gasteiger partial charge >= 0.3 is 5.97 Å². The predicted octanol–water partition coefficient (Wildman–Crippen LogP) is 1.62. The minimum Gasteiger partial charge on any atom is -0.493 e. The lowest BCUT2D eigenvalue weighted by Gasteiger charge is -2.38. The summed E-state index contributed by atoms with van der Waals surface area (Å²) in [5, 5.41) is 39.7. The molecule has 0 aromatic heterocycles. The van der Waals surface area contributed by atoms with Crippen molar-refractivity contribution in [2.75, 3.05) is 20.2 Å². The highest BCUT2D eigenvalue weighted by Gasteiger charge is 2.48. The highest BCUT2D eigenvalue weighted by atomic mass is 16.7. The Morgan fingerprint density at radius 1 is 1.03 bits per heavy atom. The number of fused-ring (bicyclic) bond motifs is 1. The van der Waals surface area contributed by atoms with Gasteiger partial charge in [-0.25, -0.2) is 4.79 Å². The first kappa shape index (κ1) is 27.5. The Kier molecular flexibility index (Phi) is 8.20. The molecule has 39 heavy (non-hydrogen) atoms. The van der Waals surface area contributed by atoms with Crippen LogP contribution in [-0.4, -0.2) is 88.0 Å². The van der Waals surface area contributed by atoms with Crippen LogP contribution < -0.4 is 9.47 Å². The monoisotopic (exact) mass is 541 g/mol. The molecule has 3 aliphatic rings. The smallest absolute Gasteiger partial charge is 0.335 e. The van der Waals surface area contributed by atoms with Crippen LogP contribution >= 0.6 is 0 Å². The topological polar surface area (TPSA) is 146 Å². The number of carbonyl (C=O) groups is 2. The van der Waals surface area contributed by atoms with Gasteiger partial charge in [-0.1, -0.05) is 30.3 Å². The zero-order valence-corrected chi connectivity index (χ0v) is 21.8. The first-order valence-corrected chi connectivity index (χ1v) is 13.4. The average molecular weight is 542 g/mol. The molecule has 2 saturated heterocycles. The molecule has 10 nitrogen and oxygen atoms in total. The van der Waals surface area contributed by atoms with E-state index in [4.69, 9.17) is 14.2 Å². The molecule has 0 spiro atoms. The fourth-order valence-electron chi connectivity index (χ4n) is 5.92. The van der Waals surface area contributed by atoms with E-state index >= 15 is 0 Å². The summed E-state index contributed by atoms with van der Waals surface area (Å²) >= 11 is 0. The summed E-state index contributed by atoms with van der Waals surface area (Å²) < 4.78 is 16.4. The van der Waals surface area contributed by atoms with E-state index < -0.39 is 36.7 Å². The summed E-state index contributed by atoms with van der Waals surface area (Å²) in [5.74, 6) is -0.795. The summed E-state index contributed by atoms with van der Waals surface area (Å²) in [4.78, 5) is 27.3. The van der Waals surface area contributed by atoms with Gasteiger partial charge in [-0.3, -0.25) is 9.69 Å². The number of benzene rings is 2. The Labute approximate surface area is 226 Å². The van der Waals surface area contributed by atoms with Crippen LogP contribution in [0.4, 0.5) is 0 Å². The highest BCUT2D eigenvalue weighted by Crippen LogP contribution is 2.41. The van der Waals surface area contributed by atoms with Crippen LogP contribution in [0.5, 0.6) is 11.5 Å². The van der Waals surface area contributed by atoms with E-state index in [2.05, 4.69) is 29.2 Å². The van der Waals surface area contributed by atoms with E-state index in [1.54, 1.807) is 6.07 Å². The maximum atomic E-state index is 13.4. The summed E-state index contributed by atoms with van der Waals surface area (Å²) in [6, 6.07) is 13.7. The Balaban J connectivity index is 1.23. The van der Waals surface area contributed by atoms with Crippen LogP contribution in [0.15, 0.2) is 42.5 Å². The molecule has 0 amide bonds. The predicted molar refractivity (Wildman–Crippen MR) is 139 cm³/mol. The Morgan fingerprint density at radius 2 is 1.74 bits per heavy atom. The number of carbonyl (C=O) groups excluding carboxylic acids is 1. The van der Waals surface area contributed by atoms with Gasteiger partial charge in [-0.05, 0) is 68.0 Å². The van der Waals surface area contributed by atoms with Crippen LogP contribution in [-0.2, 0) is 22.5 Å². The van der Waals surface area contributed by atoms with Crippen LogP contribution in [0.25, 0.3) is 0 Å². The van der Waals surface area contributed by atoms with Crippen molar-refractivity contribution in [3.8, 4) is 11.5 Å². The van der Waals surface area contributed by atoms with Crippen LogP contribution in [0.2, 0.25) is 0 Å². The van der Waals surface area contributed by atoms with E-state index in [9.17, 15) is 30.0 Å². The number of Topliss-reactive ketones (excluding diaryl/α,β-unsaturated/α-hetero) is 1. The second-order valence-electron chi connectivity index (χ2n) is 10.7. The van der Waals surface area contributed by atoms with Crippen molar-refractivity contribution >= 4 is 11.8 Å². The second kappa shape index (κ2) is 11.6. The molecule has 6 atom stereocenters. The average Bonchev–Trinajstić information content (AvgIpc) is 3.23. The number of methoxy groups -OCH3 is 1. The second-order valence-corrected chi connectivity index (χ2v) is 10.7. The molecule has 1 aliphatic carbocycles. The van der Waals surface area contributed by atoms with Crippen molar-refractivity contribution in [2.45, 2.75) is 62.9 Å². The molecule has 5 rings (SSSR count). The minimum atomic E-state index is -1.83. The third-order valence-electron chi connectivity index (χ3n) is 8.12. The van der Waals surface area contributed by atoms with Crippen molar-refractivity contribution in [3.63, 3.8) is 0 Å². The molecule has 2 aromatic rings. The number of ether oxygens (including phenoxy) is 3. The van der Waals surface area contributed by atoms with Crippen LogP contribution in [0.3, 0.4) is 0 Å². The Morgan fingerprint density at radius 3 is 2.41 bits per heavy atom. The number of likely N-dealkylation sites (tertiary alicyclic amines) is 1. The number of carboxylic acid groups (broad SMARTS) is 1. The number of ketones is 1. The summed E-state index contributed by atoms with van der Waals surface area (Å²) in [5.41, 5.74) is 2.65. The molecule has 4 N–H and O–H groups in total. The van der Waals surface area contributed by atoms with Crippen molar-refractivity contribution in [2.24, 2.45) is 11.8 Å². The Hall–Kier alpha value is -3.02. The third-order valence-corrected chi connectivity index (χ3v) is 8.12. The van der Waals surface area contributed by atoms with Gasteiger partial charge in [-0.15, -0.1) is 0 Å². The van der Waals surface area contributed by atoms with Crippen LogP contribution in [0, 0.1) is 11.8 Å². The molecule has 2 fully saturated rings. The van der Waals surface area contributed by atoms with Gasteiger partial charge in [0.2, 0.25) is 6.29 Å². The number of aliphatic hydroxyl groups is 3. The van der Waals surface area contributed by atoms with Crippen molar-refractivity contribution in [3.05, 3.63) is 59.2 Å². The van der Waals surface area contributed by atoms with Crippen molar-refractivity contribution in [1.82, 2.24) is 4.90 Å². The van der Waals surface area contributed by atoms with Gasteiger partial charge in [0.25, 0.3) is 0 Å². The van der Waals surface area contributed by atoms with Gasteiger partial charge in [-0.2, -0.15) is 0 Å². The number of rotatable bonds is 8. The molecular formula is C29H35NO9. The molecule has 0 saturated carbocycles. The normalized spacial score (nSPS) is 29.7. The lowest BCUT2D eigenvalue weighted by atomic mass is 9.85. The SMILES string of the molecule is COc1cc2c(cc1O[C@@H]1O[C@H](C(=O)O)[C@@H](O)[C@H](O)[C@H]1O)C(=O)[C@@H](CC1CCN(Cc3ccccc3)CC1)C2. The molecule has 2 aliphatic heterocycles. The van der Waals surface area contributed by atoms with Gasteiger partial charge < -0.3 is 34.6 Å². The molecule has 210 valence electrons. The standard InChI is InChI=1S/C29H35NO9/c1-37-21-13-18-12-19(11-16-7-9-30(10-8-16)15-17-5-3-2-4-6-17)23(31)20(18)14-22(21)38-29-26(34)24(32)25(33)27(39-29)28(35)36/h2-6,13-14,16,19,24-27,29,32-34H,7-12,15H2,1H3,(H,35,36)/t19-,24-,25-,26+,27-,29+/m0/s1. The number of piperidine rings is 1. The molecule has 0 bridgehead atoms. The summed E-state index contributed by atoms with van der Waals surface area (Å²) in [7, 11) is 1.43. The quantitative estimate of drug-likeness (QED) is 0.389. The number of nitrogens with zero attached hydrogens (tertiary/aromatic N) is 1. The van der Waals surface area contributed by atoms with E-state index in [0.717, 1.165) is 44.5 Å². The number of aliphatic carboxylic acids is 1. The van der Waals surface area contributed by atoms with E-state index in [1.807, 2.05) is 6.07 Å². The number of carboxylic acids is 1. The first-order valence-electron chi connectivity index (χ1n) is 13.4. The van der Waals surface area contributed by atoms with Gasteiger partial charge in [0.15, 0.2) is 23.4 Å². The Bertz CT molecular complexity index is 1180. The minimum absolute atomic E-state index is 0.0215. The number of hydrogen-bond acceptors (Lipinski definition) is 9. The highest BCUT2D eigenvalue weighted by molar-refractivity contribution is 6.02. The molecule has 0 radical (unpaired) electrons. The fourth-order valence-corrected chi connectivity index (χ4v) is 5.92. The summed E-state index contributed by atoms with van der Waals surface area (Å²) in [6.45, 7) is 2.94. The number of aliphatic hydroxyl groups excluding tert-OH is 3.